The van der Waals surface area contributed by atoms with E-state index in [1.54, 1.807) is 16.2 Å². The zero-order valence-corrected chi connectivity index (χ0v) is 11.5. The Morgan fingerprint density at radius 1 is 1.62 bits per heavy atom. The van der Waals surface area contributed by atoms with Gasteiger partial charge in [-0.2, -0.15) is 0 Å². The minimum atomic E-state index is 0. The Kier molecular flexibility index (Phi) is 7.38. The molecule has 0 saturated carbocycles. The molecule has 0 fully saturated rings. The molecule has 0 aliphatic rings. The highest BCUT2D eigenvalue weighted by atomic mass is 35.5. The Bertz CT molecular complexity index is 303. The number of rotatable bonds is 5. The maximum absolute atomic E-state index is 11.8. The number of hydrogen-bond acceptors (Lipinski definition) is 3. The molecule has 1 amide bonds. The Labute approximate surface area is 107 Å². The zero-order valence-electron chi connectivity index (χ0n) is 9.90. The first-order valence-corrected chi connectivity index (χ1v) is 5.95. The van der Waals surface area contributed by atoms with E-state index in [-0.39, 0.29) is 24.2 Å². The molecule has 5 heteroatoms. The standard InChI is InChI=1S/C11H18N2OS.ClH/c1-9(7-12-2)11(14)13(3)8-10-5-4-6-15-10;/h4-6,9,12H,7-8H2,1-3H3;1H. The van der Waals surface area contributed by atoms with Crippen LogP contribution in [0.1, 0.15) is 11.8 Å². The van der Waals surface area contributed by atoms with E-state index in [4.69, 9.17) is 0 Å². The van der Waals surface area contributed by atoms with Crippen molar-refractivity contribution in [1.82, 2.24) is 10.2 Å². The molecule has 1 unspecified atom stereocenters. The number of hydrogen-bond donors (Lipinski definition) is 1. The summed E-state index contributed by atoms with van der Waals surface area (Å²) in [7, 11) is 3.72. The number of halogens is 1. The van der Waals surface area contributed by atoms with E-state index in [9.17, 15) is 4.79 Å². The summed E-state index contributed by atoms with van der Waals surface area (Å²) in [6, 6.07) is 4.06. The summed E-state index contributed by atoms with van der Waals surface area (Å²) in [5.74, 6) is 0.234. The van der Waals surface area contributed by atoms with Gasteiger partial charge in [0.2, 0.25) is 5.91 Å². The van der Waals surface area contributed by atoms with Crippen LogP contribution in [0.3, 0.4) is 0 Å². The summed E-state index contributed by atoms with van der Waals surface area (Å²) in [6.45, 7) is 3.39. The molecular formula is C11H19ClN2OS. The Morgan fingerprint density at radius 3 is 2.81 bits per heavy atom. The Balaban J connectivity index is 0.00000225. The van der Waals surface area contributed by atoms with Crippen molar-refractivity contribution in [3.8, 4) is 0 Å². The molecule has 1 rings (SSSR count). The largest absolute Gasteiger partial charge is 0.340 e. The average molecular weight is 263 g/mol. The van der Waals surface area contributed by atoms with E-state index >= 15 is 0 Å². The molecule has 1 N–H and O–H groups in total. The van der Waals surface area contributed by atoms with E-state index in [0.29, 0.717) is 6.54 Å². The lowest BCUT2D eigenvalue weighted by atomic mass is 10.1. The predicted molar refractivity (Wildman–Crippen MR) is 71.1 cm³/mol. The summed E-state index contributed by atoms with van der Waals surface area (Å²) >= 11 is 1.68. The maximum Gasteiger partial charge on any atom is 0.226 e. The van der Waals surface area contributed by atoms with Gasteiger partial charge >= 0.3 is 0 Å². The SMILES string of the molecule is CNCC(C)C(=O)N(C)Cc1cccs1.Cl. The second-order valence-corrected chi connectivity index (χ2v) is 4.76. The fourth-order valence-electron chi connectivity index (χ4n) is 1.48. The number of carbonyl (C=O) groups excluding carboxylic acids is 1. The van der Waals surface area contributed by atoms with Gasteiger partial charge in [-0.3, -0.25) is 4.79 Å². The van der Waals surface area contributed by atoms with Crippen molar-refractivity contribution in [1.29, 1.82) is 0 Å². The van der Waals surface area contributed by atoms with E-state index < -0.39 is 0 Å². The van der Waals surface area contributed by atoms with Crippen LogP contribution >= 0.6 is 23.7 Å². The third-order valence-electron chi connectivity index (χ3n) is 2.28. The molecule has 0 bridgehead atoms. The highest BCUT2D eigenvalue weighted by Crippen LogP contribution is 2.12. The first kappa shape index (κ1) is 15.4. The quantitative estimate of drug-likeness (QED) is 0.880. The zero-order chi connectivity index (χ0) is 11.3. The van der Waals surface area contributed by atoms with Gasteiger partial charge in [0.1, 0.15) is 0 Å². The minimum Gasteiger partial charge on any atom is -0.340 e. The molecule has 0 aromatic carbocycles. The van der Waals surface area contributed by atoms with Crippen molar-refractivity contribution in [2.24, 2.45) is 5.92 Å². The summed E-state index contributed by atoms with van der Waals surface area (Å²) in [5.41, 5.74) is 0. The summed E-state index contributed by atoms with van der Waals surface area (Å²) in [6.07, 6.45) is 0. The molecule has 1 aromatic rings. The van der Waals surface area contributed by atoms with Crippen LogP contribution in [0.15, 0.2) is 17.5 Å². The molecule has 16 heavy (non-hydrogen) atoms. The van der Waals surface area contributed by atoms with Crippen molar-refractivity contribution in [3.63, 3.8) is 0 Å². The molecule has 1 heterocycles. The number of nitrogens with one attached hydrogen (secondary N) is 1. The third kappa shape index (κ3) is 4.51. The van der Waals surface area contributed by atoms with Gasteiger partial charge in [-0.05, 0) is 18.5 Å². The lowest BCUT2D eigenvalue weighted by Crippen LogP contribution is -2.35. The van der Waals surface area contributed by atoms with Gasteiger partial charge < -0.3 is 10.2 Å². The molecule has 0 saturated heterocycles. The van der Waals surface area contributed by atoms with Gasteiger partial charge in [0.05, 0.1) is 6.54 Å². The number of amides is 1. The van der Waals surface area contributed by atoms with Gasteiger partial charge in [0, 0.05) is 24.4 Å². The Morgan fingerprint density at radius 2 is 2.31 bits per heavy atom. The van der Waals surface area contributed by atoms with Crippen LogP contribution in [0.2, 0.25) is 0 Å². The van der Waals surface area contributed by atoms with Crippen molar-refractivity contribution >= 4 is 29.7 Å². The van der Waals surface area contributed by atoms with Gasteiger partial charge in [-0.15, -0.1) is 23.7 Å². The average Bonchev–Trinajstić information content (AvgIpc) is 2.69. The highest BCUT2D eigenvalue weighted by molar-refractivity contribution is 7.09. The topological polar surface area (TPSA) is 32.3 Å². The first-order valence-electron chi connectivity index (χ1n) is 5.07. The fraction of sp³-hybridized carbons (Fsp3) is 0.545. The second-order valence-electron chi connectivity index (χ2n) is 3.73. The van der Waals surface area contributed by atoms with Crippen LogP contribution in [0, 0.1) is 5.92 Å². The van der Waals surface area contributed by atoms with E-state index in [1.165, 1.54) is 4.88 Å². The van der Waals surface area contributed by atoms with Gasteiger partial charge in [0.25, 0.3) is 0 Å². The van der Waals surface area contributed by atoms with Gasteiger partial charge in [-0.25, -0.2) is 0 Å². The van der Waals surface area contributed by atoms with Crippen LogP contribution in [0.25, 0.3) is 0 Å². The predicted octanol–water partition coefficient (Wildman–Crippen LogP) is 1.98. The lowest BCUT2D eigenvalue weighted by Gasteiger charge is -2.20. The number of carbonyl (C=O) groups is 1. The molecule has 3 nitrogen and oxygen atoms in total. The molecule has 0 aliphatic heterocycles. The minimum absolute atomic E-state index is 0. The molecule has 0 aliphatic carbocycles. The molecular weight excluding hydrogens is 244 g/mol. The molecule has 0 radical (unpaired) electrons. The van der Waals surface area contributed by atoms with Crippen molar-refractivity contribution in [2.45, 2.75) is 13.5 Å². The van der Waals surface area contributed by atoms with E-state index in [2.05, 4.69) is 11.4 Å². The summed E-state index contributed by atoms with van der Waals surface area (Å²) < 4.78 is 0. The smallest absolute Gasteiger partial charge is 0.226 e. The molecule has 1 aromatic heterocycles. The van der Waals surface area contributed by atoms with Crippen molar-refractivity contribution in [3.05, 3.63) is 22.4 Å². The maximum atomic E-state index is 11.8. The third-order valence-corrected chi connectivity index (χ3v) is 3.14. The monoisotopic (exact) mass is 262 g/mol. The summed E-state index contributed by atoms with van der Waals surface area (Å²) in [5, 5.41) is 5.05. The summed E-state index contributed by atoms with van der Waals surface area (Å²) in [4.78, 5) is 14.9. The second kappa shape index (κ2) is 7.65. The first-order chi connectivity index (χ1) is 7.15. The van der Waals surface area contributed by atoms with Gasteiger partial charge in [0.15, 0.2) is 0 Å². The van der Waals surface area contributed by atoms with Gasteiger partial charge in [-0.1, -0.05) is 13.0 Å². The van der Waals surface area contributed by atoms with Crippen LogP contribution in [-0.2, 0) is 11.3 Å². The van der Waals surface area contributed by atoms with Crippen LogP contribution in [-0.4, -0.2) is 31.4 Å². The van der Waals surface area contributed by atoms with Crippen molar-refractivity contribution in [2.75, 3.05) is 20.6 Å². The molecule has 0 spiro atoms. The van der Waals surface area contributed by atoms with Crippen LogP contribution < -0.4 is 5.32 Å². The normalized spacial score (nSPS) is 11.7. The van der Waals surface area contributed by atoms with Crippen LogP contribution in [0.4, 0.5) is 0 Å². The highest BCUT2D eigenvalue weighted by Gasteiger charge is 2.16. The van der Waals surface area contributed by atoms with E-state index in [0.717, 1.165) is 6.54 Å². The Hall–Kier alpha value is -0.580. The number of nitrogens with zero attached hydrogens (tertiary/aromatic N) is 1. The van der Waals surface area contributed by atoms with Crippen LogP contribution in [0.5, 0.6) is 0 Å². The lowest BCUT2D eigenvalue weighted by molar-refractivity contribution is -0.134. The fourth-order valence-corrected chi connectivity index (χ4v) is 2.24. The van der Waals surface area contributed by atoms with Crippen molar-refractivity contribution < 1.29 is 4.79 Å². The number of thiophene rings is 1. The van der Waals surface area contributed by atoms with E-state index in [1.807, 2.05) is 32.5 Å². The molecule has 92 valence electrons. The molecule has 1 atom stereocenters.